The molecule has 0 radical (unpaired) electrons. The van der Waals surface area contributed by atoms with Gasteiger partial charge in [-0.2, -0.15) is 0 Å². The Labute approximate surface area is 137 Å². The number of fused-ring (bicyclic) bond motifs is 1. The molecule has 1 aromatic carbocycles. The lowest BCUT2D eigenvalue weighted by atomic mass is 10.0. The third kappa shape index (κ3) is 3.20. The number of carboxylic acids is 1. The van der Waals surface area contributed by atoms with Crippen LogP contribution in [0.2, 0.25) is 10.0 Å². The van der Waals surface area contributed by atoms with E-state index in [2.05, 4.69) is 5.32 Å². The van der Waals surface area contributed by atoms with Gasteiger partial charge in [-0.25, -0.2) is 0 Å². The first-order valence-electron chi connectivity index (χ1n) is 6.60. The van der Waals surface area contributed by atoms with Gasteiger partial charge in [0, 0.05) is 23.5 Å². The highest BCUT2D eigenvalue weighted by molar-refractivity contribution is 6.45. The number of carbonyl (C=O) groups is 2. The molecule has 118 valence electrons. The number of carboxylic acid groups (broad SMARTS) is 1. The molecule has 1 aromatic heterocycles. The average Bonchev–Trinajstić information content (AvgIpc) is 2.70. The van der Waals surface area contributed by atoms with Gasteiger partial charge in [-0.05, 0) is 32.0 Å². The van der Waals surface area contributed by atoms with Crippen LogP contribution in [-0.4, -0.2) is 27.1 Å². The lowest BCUT2D eigenvalue weighted by Gasteiger charge is -2.24. The highest BCUT2D eigenvalue weighted by Crippen LogP contribution is 2.32. The molecule has 0 saturated carbocycles. The summed E-state index contributed by atoms with van der Waals surface area (Å²) in [6.45, 7) is 3.32. The normalized spacial score (nSPS) is 11.7. The van der Waals surface area contributed by atoms with Crippen molar-refractivity contribution in [1.82, 2.24) is 9.88 Å². The van der Waals surface area contributed by atoms with Crippen LogP contribution in [0.4, 0.5) is 0 Å². The number of aliphatic carboxylic acids is 1. The van der Waals surface area contributed by atoms with E-state index in [0.29, 0.717) is 21.1 Å². The summed E-state index contributed by atoms with van der Waals surface area (Å²) in [6.07, 6.45) is -0.171. The van der Waals surface area contributed by atoms with Gasteiger partial charge in [0.15, 0.2) is 0 Å². The zero-order valence-electron chi connectivity index (χ0n) is 12.4. The van der Waals surface area contributed by atoms with E-state index in [0.717, 1.165) is 5.52 Å². The third-order valence-corrected chi connectivity index (χ3v) is 4.21. The minimum atomic E-state index is -0.975. The van der Waals surface area contributed by atoms with Crippen molar-refractivity contribution in [2.24, 2.45) is 7.05 Å². The maximum Gasteiger partial charge on any atom is 0.305 e. The van der Waals surface area contributed by atoms with E-state index in [-0.39, 0.29) is 12.3 Å². The molecule has 2 aromatic rings. The van der Waals surface area contributed by atoms with Crippen LogP contribution in [-0.2, 0) is 11.8 Å². The lowest BCUT2D eigenvalue weighted by molar-refractivity contribution is -0.138. The molecule has 0 unspecified atom stereocenters. The summed E-state index contributed by atoms with van der Waals surface area (Å²) < 4.78 is 1.70. The number of carbonyl (C=O) groups excluding carboxylic acids is 1. The molecule has 0 aliphatic heterocycles. The first kappa shape index (κ1) is 16.6. The van der Waals surface area contributed by atoms with E-state index >= 15 is 0 Å². The number of aryl methyl sites for hydroxylation is 1. The number of benzene rings is 1. The zero-order chi connectivity index (χ0) is 16.7. The van der Waals surface area contributed by atoms with Gasteiger partial charge >= 0.3 is 5.97 Å². The number of hydrogen-bond donors (Lipinski definition) is 2. The van der Waals surface area contributed by atoms with E-state index in [1.54, 1.807) is 43.7 Å². The van der Waals surface area contributed by atoms with Crippen molar-refractivity contribution < 1.29 is 14.7 Å². The molecular weight excluding hydrogens is 327 g/mol. The van der Waals surface area contributed by atoms with Crippen molar-refractivity contribution in [1.29, 1.82) is 0 Å². The maximum atomic E-state index is 12.4. The van der Waals surface area contributed by atoms with Gasteiger partial charge in [-0.3, -0.25) is 9.59 Å². The second-order valence-corrected chi connectivity index (χ2v) is 6.58. The molecule has 0 spiro atoms. The summed E-state index contributed by atoms with van der Waals surface area (Å²) in [4.78, 5) is 23.3. The number of nitrogens with zero attached hydrogens (tertiary/aromatic N) is 1. The van der Waals surface area contributed by atoms with Crippen LogP contribution < -0.4 is 5.32 Å². The summed E-state index contributed by atoms with van der Waals surface area (Å²) in [5, 5.41) is 13.1. The third-order valence-electron chi connectivity index (χ3n) is 3.39. The van der Waals surface area contributed by atoms with Crippen LogP contribution in [0, 0.1) is 0 Å². The summed E-state index contributed by atoms with van der Waals surface area (Å²) in [6, 6.07) is 5.10. The number of hydrogen-bond acceptors (Lipinski definition) is 2. The van der Waals surface area contributed by atoms with Gasteiger partial charge in [-0.15, -0.1) is 0 Å². The lowest BCUT2D eigenvalue weighted by Crippen LogP contribution is -2.45. The van der Waals surface area contributed by atoms with Crippen molar-refractivity contribution in [2.75, 3.05) is 0 Å². The predicted octanol–water partition coefficient (Wildman–Crippen LogP) is 3.47. The van der Waals surface area contributed by atoms with E-state index < -0.39 is 11.5 Å². The standard InChI is InChI=1S/C15H16Cl2N2O3/c1-15(2,7-12(20)21)18-14(22)11-6-8-10(19(11)3)5-4-9(16)13(8)17/h4-6H,7H2,1-3H3,(H,18,22)(H,20,21). The molecule has 22 heavy (non-hydrogen) atoms. The van der Waals surface area contributed by atoms with Crippen molar-refractivity contribution >= 4 is 46.0 Å². The minimum absolute atomic E-state index is 0.171. The molecule has 2 N–H and O–H groups in total. The molecule has 5 nitrogen and oxygen atoms in total. The van der Waals surface area contributed by atoms with Crippen molar-refractivity contribution in [3.05, 3.63) is 33.9 Å². The number of halogens is 2. The Kier molecular flexibility index (Phi) is 4.40. The summed E-state index contributed by atoms with van der Waals surface area (Å²) >= 11 is 12.1. The van der Waals surface area contributed by atoms with Gasteiger partial charge in [0.25, 0.3) is 5.91 Å². The number of amides is 1. The summed E-state index contributed by atoms with van der Waals surface area (Å²) in [5.74, 6) is -1.34. The van der Waals surface area contributed by atoms with Gasteiger partial charge < -0.3 is 15.0 Å². The van der Waals surface area contributed by atoms with E-state index in [9.17, 15) is 9.59 Å². The zero-order valence-corrected chi connectivity index (χ0v) is 13.9. The smallest absolute Gasteiger partial charge is 0.305 e. The van der Waals surface area contributed by atoms with Crippen molar-refractivity contribution in [2.45, 2.75) is 25.8 Å². The fourth-order valence-electron chi connectivity index (χ4n) is 2.36. The second-order valence-electron chi connectivity index (χ2n) is 5.79. The second kappa shape index (κ2) is 5.82. The number of rotatable bonds is 4. The van der Waals surface area contributed by atoms with Crippen LogP contribution in [0.5, 0.6) is 0 Å². The Hall–Kier alpha value is -1.72. The highest BCUT2D eigenvalue weighted by atomic mass is 35.5. The molecular formula is C15H16Cl2N2O3. The van der Waals surface area contributed by atoms with E-state index in [4.69, 9.17) is 28.3 Å². The molecule has 2 rings (SSSR count). The fraction of sp³-hybridized carbons (Fsp3) is 0.333. The molecule has 1 amide bonds. The van der Waals surface area contributed by atoms with Gasteiger partial charge in [0.05, 0.1) is 16.5 Å². The number of nitrogens with one attached hydrogen (secondary N) is 1. The van der Waals surface area contributed by atoms with Crippen LogP contribution in [0.1, 0.15) is 30.8 Å². The molecule has 0 fully saturated rings. The van der Waals surface area contributed by atoms with E-state index in [1.807, 2.05) is 0 Å². The van der Waals surface area contributed by atoms with Crippen LogP contribution in [0.25, 0.3) is 10.9 Å². The number of aromatic nitrogens is 1. The first-order chi connectivity index (χ1) is 10.1. The SMILES string of the molecule is Cn1c(C(=O)NC(C)(C)CC(=O)O)cc2c(Cl)c(Cl)ccc21. The summed E-state index contributed by atoms with van der Waals surface area (Å²) in [7, 11) is 1.74. The first-order valence-corrected chi connectivity index (χ1v) is 7.36. The van der Waals surface area contributed by atoms with E-state index in [1.165, 1.54) is 0 Å². The monoisotopic (exact) mass is 342 g/mol. The maximum absolute atomic E-state index is 12.4. The van der Waals surface area contributed by atoms with Crippen LogP contribution in [0.3, 0.4) is 0 Å². The molecule has 7 heteroatoms. The highest BCUT2D eigenvalue weighted by Gasteiger charge is 2.26. The Bertz CT molecular complexity index is 766. The molecule has 0 aliphatic carbocycles. The molecule has 0 atom stereocenters. The van der Waals surface area contributed by atoms with Gasteiger partial charge in [0.1, 0.15) is 5.69 Å². The van der Waals surface area contributed by atoms with Gasteiger partial charge in [0.2, 0.25) is 0 Å². The largest absolute Gasteiger partial charge is 0.481 e. The Morgan fingerprint density at radius 3 is 2.55 bits per heavy atom. The average molecular weight is 343 g/mol. The Balaban J connectivity index is 2.39. The van der Waals surface area contributed by atoms with Crippen molar-refractivity contribution in [3.63, 3.8) is 0 Å². The quantitative estimate of drug-likeness (QED) is 0.893. The Morgan fingerprint density at radius 2 is 1.95 bits per heavy atom. The molecule has 0 bridgehead atoms. The molecule has 1 heterocycles. The predicted molar refractivity (Wildman–Crippen MR) is 86.7 cm³/mol. The molecule has 0 saturated heterocycles. The Morgan fingerprint density at radius 1 is 1.32 bits per heavy atom. The fourth-order valence-corrected chi connectivity index (χ4v) is 2.74. The minimum Gasteiger partial charge on any atom is -0.481 e. The van der Waals surface area contributed by atoms with Crippen LogP contribution in [0.15, 0.2) is 18.2 Å². The van der Waals surface area contributed by atoms with Gasteiger partial charge in [-0.1, -0.05) is 23.2 Å². The topological polar surface area (TPSA) is 71.3 Å². The van der Waals surface area contributed by atoms with Crippen LogP contribution >= 0.6 is 23.2 Å². The van der Waals surface area contributed by atoms with Crippen molar-refractivity contribution in [3.8, 4) is 0 Å². The summed E-state index contributed by atoms with van der Waals surface area (Å²) in [5.41, 5.74) is 0.300. The molecule has 0 aliphatic rings.